The van der Waals surface area contributed by atoms with Gasteiger partial charge in [0.2, 0.25) is 5.91 Å². The van der Waals surface area contributed by atoms with Crippen molar-refractivity contribution in [1.29, 1.82) is 0 Å². The van der Waals surface area contributed by atoms with Gasteiger partial charge in [-0.05, 0) is 59.8 Å². The molecule has 2 heterocycles. The van der Waals surface area contributed by atoms with E-state index in [1.807, 2.05) is 12.1 Å². The van der Waals surface area contributed by atoms with Crippen LogP contribution in [-0.4, -0.2) is 22.2 Å². The molecule has 0 saturated carbocycles. The molecule has 1 amide bonds. The number of halogens is 1. The third-order valence-electron chi connectivity index (χ3n) is 5.08. The number of nitrogens with zero attached hydrogens (tertiary/aromatic N) is 2. The topological polar surface area (TPSA) is 82.3 Å². The van der Waals surface area contributed by atoms with Crippen LogP contribution in [0.1, 0.15) is 11.1 Å². The van der Waals surface area contributed by atoms with E-state index in [0.717, 1.165) is 10.1 Å². The van der Waals surface area contributed by atoms with Crippen molar-refractivity contribution >= 4 is 27.5 Å². The summed E-state index contributed by atoms with van der Waals surface area (Å²) in [6.07, 6.45) is 0. The van der Waals surface area contributed by atoms with Crippen molar-refractivity contribution in [1.82, 2.24) is 14.5 Å². The first-order valence-corrected chi connectivity index (χ1v) is 10.7. The van der Waals surface area contributed by atoms with Crippen LogP contribution in [0, 0.1) is 12.7 Å². The Bertz CT molecular complexity index is 1440. The number of amides is 1. The molecule has 9 heteroatoms. The molecular weight excluding hydrogens is 433 g/mol. The Morgan fingerprint density at radius 2 is 1.97 bits per heavy atom. The SMILES string of the molecule is COc1cccc(CNC(=O)Cn2c(=O)n(-c3ccc(F)c(C)c3)c(=O)c3sccc32)c1. The number of aromatic nitrogens is 2. The Morgan fingerprint density at radius 3 is 2.72 bits per heavy atom. The number of rotatable bonds is 6. The second kappa shape index (κ2) is 8.80. The molecule has 4 rings (SSSR count). The van der Waals surface area contributed by atoms with E-state index in [1.165, 1.54) is 34.1 Å². The number of benzene rings is 2. The summed E-state index contributed by atoms with van der Waals surface area (Å²) < 4.78 is 21.5. The van der Waals surface area contributed by atoms with E-state index in [-0.39, 0.29) is 24.7 Å². The number of thiophene rings is 1. The number of carbonyl (C=O) groups is 1. The number of nitrogens with one attached hydrogen (secondary N) is 1. The van der Waals surface area contributed by atoms with Gasteiger partial charge >= 0.3 is 5.69 Å². The van der Waals surface area contributed by atoms with E-state index in [2.05, 4.69) is 5.32 Å². The van der Waals surface area contributed by atoms with E-state index < -0.39 is 17.1 Å². The smallest absolute Gasteiger partial charge is 0.336 e. The van der Waals surface area contributed by atoms with Crippen LogP contribution in [0.4, 0.5) is 4.39 Å². The number of methoxy groups -OCH3 is 1. The fourth-order valence-electron chi connectivity index (χ4n) is 3.42. The van der Waals surface area contributed by atoms with Gasteiger partial charge in [-0.2, -0.15) is 0 Å². The van der Waals surface area contributed by atoms with E-state index in [0.29, 0.717) is 21.5 Å². The molecule has 0 aliphatic rings. The second-order valence-corrected chi connectivity index (χ2v) is 8.12. The standard InChI is InChI=1S/C23H20FN3O4S/c1-14-10-16(6-7-18(14)24)27-22(29)21-19(8-9-32-21)26(23(27)30)13-20(28)25-12-15-4-3-5-17(11-15)31-2/h3-11H,12-13H2,1-2H3,(H,25,28). The molecule has 0 unspecified atom stereocenters. The second-order valence-electron chi connectivity index (χ2n) is 7.21. The number of aryl methyl sites for hydroxylation is 1. The van der Waals surface area contributed by atoms with Crippen LogP contribution in [0.5, 0.6) is 5.75 Å². The van der Waals surface area contributed by atoms with Gasteiger partial charge in [0.1, 0.15) is 22.8 Å². The predicted octanol–water partition coefficient (Wildman–Crippen LogP) is 2.99. The lowest BCUT2D eigenvalue weighted by Gasteiger charge is -2.13. The molecule has 1 N–H and O–H groups in total. The molecule has 32 heavy (non-hydrogen) atoms. The molecule has 0 spiro atoms. The summed E-state index contributed by atoms with van der Waals surface area (Å²) in [7, 11) is 1.56. The Labute approximate surface area is 186 Å². The number of ether oxygens (including phenoxy) is 1. The summed E-state index contributed by atoms with van der Waals surface area (Å²) in [5, 5.41) is 4.48. The molecule has 0 atom stereocenters. The first kappa shape index (κ1) is 21.5. The Kier molecular flexibility index (Phi) is 5.91. The highest BCUT2D eigenvalue weighted by molar-refractivity contribution is 7.17. The normalized spacial score (nSPS) is 11.0. The van der Waals surface area contributed by atoms with E-state index >= 15 is 0 Å². The minimum Gasteiger partial charge on any atom is -0.497 e. The van der Waals surface area contributed by atoms with Gasteiger partial charge in [0.15, 0.2) is 0 Å². The maximum atomic E-state index is 13.7. The van der Waals surface area contributed by atoms with Gasteiger partial charge in [-0.3, -0.25) is 14.2 Å². The fourth-order valence-corrected chi connectivity index (χ4v) is 4.24. The summed E-state index contributed by atoms with van der Waals surface area (Å²) in [6, 6.07) is 12.9. The molecule has 0 aliphatic carbocycles. The summed E-state index contributed by atoms with van der Waals surface area (Å²) in [5.41, 5.74) is 0.624. The molecule has 7 nitrogen and oxygen atoms in total. The zero-order chi connectivity index (χ0) is 22.8. The Balaban J connectivity index is 1.68. The summed E-state index contributed by atoms with van der Waals surface area (Å²) in [5.74, 6) is -0.145. The van der Waals surface area contributed by atoms with Gasteiger partial charge in [-0.15, -0.1) is 11.3 Å². The third kappa shape index (κ3) is 4.06. The van der Waals surface area contributed by atoms with Crippen molar-refractivity contribution in [2.24, 2.45) is 0 Å². The minimum atomic E-state index is -0.663. The average Bonchev–Trinajstić information content (AvgIpc) is 3.28. The third-order valence-corrected chi connectivity index (χ3v) is 5.97. The average molecular weight is 453 g/mol. The van der Waals surface area contributed by atoms with Crippen LogP contribution in [0.2, 0.25) is 0 Å². The molecule has 2 aromatic heterocycles. The molecule has 0 aliphatic heterocycles. The highest BCUT2D eigenvalue weighted by Gasteiger charge is 2.18. The highest BCUT2D eigenvalue weighted by atomic mass is 32.1. The highest BCUT2D eigenvalue weighted by Crippen LogP contribution is 2.18. The van der Waals surface area contributed by atoms with Crippen molar-refractivity contribution in [3.05, 3.63) is 91.7 Å². The molecule has 4 aromatic rings. The summed E-state index contributed by atoms with van der Waals surface area (Å²) >= 11 is 1.18. The van der Waals surface area contributed by atoms with E-state index in [4.69, 9.17) is 4.74 Å². The number of carbonyl (C=O) groups excluding carboxylic acids is 1. The maximum Gasteiger partial charge on any atom is 0.336 e. The van der Waals surface area contributed by atoms with Crippen molar-refractivity contribution in [2.75, 3.05) is 7.11 Å². The van der Waals surface area contributed by atoms with Crippen LogP contribution in [-0.2, 0) is 17.9 Å². The molecule has 2 aromatic carbocycles. The fraction of sp³-hybridized carbons (Fsp3) is 0.174. The molecule has 164 valence electrons. The predicted molar refractivity (Wildman–Crippen MR) is 121 cm³/mol. The zero-order valence-electron chi connectivity index (χ0n) is 17.4. The molecule has 0 saturated heterocycles. The lowest BCUT2D eigenvalue weighted by atomic mass is 10.2. The summed E-state index contributed by atoms with van der Waals surface area (Å²) in [6.45, 7) is 1.54. The van der Waals surface area contributed by atoms with Gasteiger partial charge in [-0.25, -0.2) is 13.8 Å². The lowest BCUT2D eigenvalue weighted by Crippen LogP contribution is -2.41. The first-order chi connectivity index (χ1) is 15.4. The van der Waals surface area contributed by atoms with Crippen molar-refractivity contribution in [3.63, 3.8) is 0 Å². The molecule has 0 bridgehead atoms. The Hall–Kier alpha value is -3.72. The van der Waals surface area contributed by atoms with E-state index in [1.54, 1.807) is 37.6 Å². The van der Waals surface area contributed by atoms with Crippen LogP contribution >= 0.6 is 11.3 Å². The number of hydrogen-bond donors (Lipinski definition) is 1. The van der Waals surface area contributed by atoms with E-state index in [9.17, 15) is 18.8 Å². The molecule has 0 fully saturated rings. The molecular formula is C23H20FN3O4S. The van der Waals surface area contributed by atoms with Gasteiger partial charge in [0.05, 0.1) is 18.3 Å². The van der Waals surface area contributed by atoms with Gasteiger partial charge in [-0.1, -0.05) is 12.1 Å². The largest absolute Gasteiger partial charge is 0.497 e. The first-order valence-electron chi connectivity index (χ1n) is 9.78. The quantitative estimate of drug-likeness (QED) is 0.487. The maximum absolute atomic E-state index is 13.7. The zero-order valence-corrected chi connectivity index (χ0v) is 18.2. The number of fused-ring (bicyclic) bond motifs is 1. The van der Waals surface area contributed by atoms with Gasteiger partial charge < -0.3 is 10.1 Å². The van der Waals surface area contributed by atoms with Crippen LogP contribution in [0.15, 0.2) is 63.5 Å². The van der Waals surface area contributed by atoms with Crippen molar-refractivity contribution < 1.29 is 13.9 Å². The minimum absolute atomic E-state index is 0.250. The van der Waals surface area contributed by atoms with Gasteiger partial charge in [0, 0.05) is 6.54 Å². The van der Waals surface area contributed by atoms with Crippen molar-refractivity contribution in [2.45, 2.75) is 20.0 Å². The van der Waals surface area contributed by atoms with Crippen LogP contribution in [0.3, 0.4) is 0 Å². The summed E-state index contributed by atoms with van der Waals surface area (Å²) in [4.78, 5) is 38.9. The van der Waals surface area contributed by atoms with Crippen LogP contribution < -0.4 is 21.3 Å². The van der Waals surface area contributed by atoms with Crippen molar-refractivity contribution in [3.8, 4) is 11.4 Å². The number of hydrogen-bond acceptors (Lipinski definition) is 5. The van der Waals surface area contributed by atoms with Crippen LogP contribution in [0.25, 0.3) is 15.9 Å². The Morgan fingerprint density at radius 1 is 1.16 bits per heavy atom. The molecule has 0 radical (unpaired) electrons. The lowest BCUT2D eigenvalue weighted by molar-refractivity contribution is -0.121. The van der Waals surface area contributed by atoms with Gasteiger partial charge in [0.25, 0.3) is 5.56 Å². The monoisotopic (exact) mass is 453 g/mol.